The summed E-state index contributed by atoms with van der Waals surface area (Å²) in [4.78, 5) is 25.8. The summed E-state index contributed by atoms with van der Waals surface area (Å²) in [6.07, 6.45) is 8.59. The summed E-state index contributed by atoms with van der Waals surface area (Å²) in [6, 6.07) is 1.80. The molecule has 0 fully saturated rings. The molecule has 0 spiro atoms. The van der Waals surface area contributed by atoms with E-state index in [4.69, 9.17) is 0 Å². The molecule has 4 rings (SSSR count). The van der Waals surface area contributed by atoms with Crippen molar-refractivity contribution in [2.45, 2.75) is 13.8 Å². The number of aromatic nitrogens is 6. The summed E-state index contributed by atoms with van der Waals surface area (Å²) in [7, 11) is 0. The van der Waals surface area contributed by atoms with Crippen LogP contribution in [0, 0.1) is 13.8 Å². The van der Waals surface area contributed by atoms with Gasteiger partial charge in [-0.25, -0.2) is 29.9 Å². The number of rotatable bonds is 3. The van der Waals surface area contributed by atoms with E-state index in [1.807, 2.05) is 20.0 Å². The lowest BCUT2D eigenvalue weighted by molar-refractivity contribution is 1.05. The van der Waals surface area contributed by atoms with Crippen molar-refractivity contribution in [1.29, 1.82) is 0 Å². The summed E-state index contributed by atoms with van der Waals surface area (Å²) in [5.41, 5.74) is 2.71. The standard InChI is InChI=1S/C16H13N7S/c1-9-19-4-3-13(21-9)23-16-14-15(24-10(2)22-14)12(7-20-16)11-5-17-8-18-6-11/h3-8H,1-2H3,(H,19,20,21,23). The third-order valence-corrected chi connectivity index (χ3v) is 4.42. The van der Waals surface area contributed by atoms with Crippen LogP contribution >= 0.6 is 11.3 Å². The maximum absolute atomic E-state index is 4.63. The Hall–Kier alpha value is -3.00. The highest BCUT2D eigenvalue weighted by Gasteiger charge is 2.14. The molecule has 0 aliphatic carbocycles. The van der Waals surface area contributed by atoms with Crippen LogP contribution in [0.15, 0.2) is 37.2 Å². The fourth-order valence-electron chi connectivity index (χ4n) is 2.40. The van der Waals surface area contributed by atoms with Crippen LogP contribution in [0.1, 0.15) is 10.8 Å². The number of thiazole rings is 1. The van der Waals surface area contributed by atoms with Crippen molar-refractivity contribution >= 4 is 33.2 Å². The molecule has 0 aliphatic heterocycles. The van der Waals surface area contributed by atoms with Crippen molar-refractivity contribution < 1.29 is 0 Å². The molecule has 7 nitrogen and oxygen atoms in total. The second kappa shape index (κ2) is 5.89. The highest BCUT2D eigenvalue weighted by atomic mass is 32.1. The molecule has 0 saturated heterocycles. The molecule has 24 heavy (non-hydrogen) atoms. The fourth-order valence-corrected chi connectivity index (χ4v) is 3.35. The summed E-state index contributed by atoms with van der Waals surface area (Å²) < 4.78 is 1.05. The number of fused-ring (bicyclic) bond motifs is 1. The van der Waals surface area contributed by atoms with E-state index in [2.05, 4.69) is 35.2 Å². The fraction of sp³-hybridized carbons (Fsp3) is 0.125. The van der Waals surface area contributed by atoms with E-state index in [0.717, 1.165) is 26.4 Å². The van der Waals surface area contributed by atoms with Crippen molar-refractivity contribution in [2.24, 2.45) is 0 Å². The van der Waals surface area contributed by atoms with Gasteiger partial charge in [0.15, 0.2) is 5.82 Å². The lowest BCUT2D eigenvalue weighted by Gasteiger charge is -2.08. The third-order valence-electron chi connectivity index (χ3n) is 3.42. The molecule has 8 heteroatoms. The first-order valence-corrected chi connectivity index (χ1v) is 8.10. The predicted octanol–water partition coefficient (Wildman–Crippen LogP) is 3.30. The molecular formula is C16H13N7S. The van der Waals surface area contributed by atoms with Gasteiger partial charge < -0.3 is 5.32 Å². The van der Waals surface area contributed by atoms with Gasteiger partial charge in [0.1, 0.15) is 23.5 Å². The Balaban J connectivity index is 1.84. The van der Waals surface area contributed by atoms with Gasteiger partial charge in [-0.15, -0.1) is 11.3 Å². The molecule has 0 amide bonds. The van der Waals surface area contributed by atoms with Crippen molar-refractivity contribution in [3.63, 3.8) is 0 Å². The Morgan fingerprint density at radius 2 is 1.83 bits per heavy atom. The number of nitrogens with one attached hydrogen (secondary N) is 1. The molecule has 0 aromatic carbocycles. The van der Waals surface area contributed by atoms with Crippen LogP contribution in [0.4, 0.5) is 11.6 Å². The molecule has 4 aromatic rings. The van der Waals surface area contributed by atoms with Gasteiger partial charge in [-0.3, -0.25) is 0 Å². The first-order valence-electron chi connectivity index (χ1n) is 7.29. The molecule has 0 bridgehead atoms. The molecular weight excluding hydrogens is 322 g/mol. The van der Waals surface area contributed by atoms with Crippen LogP contribution in [-0.2, 0) is 0 Å². The van der Waals surface area contributed by atoms with Crippen molar-refractivity contribution in [1.82, 2.24) is 29.9 Å². The summed E-state index contributed by atoms with van der Waals surface area (Å²) >= 11 is 1.62. The molecule has 118 valence electrons. The monoisotopic (exact) mass is 335 g/mol. The number of aryl methyl sites for hydroxylation is 2. The third kappa shape index (κ3) is 2.67. The molecule has 0 saturated carbocycles. The van der Waals surface area contributed by atoms with E-state index in [0.29, 0.717) is 17.5 Å². The SMILES string of the molecule is Cc1nccc(Nc2ncc(-c3cncnc3)c3sc(C)nc23)n1. The van der Waals surface area contributed by atoms with Crippen LogP contribution in [0.3, 0.4) is 0 Å². The lowest BCUT2D eigenvalue weighted by Crippen LogP contribution is -1.99. The highest BCUT2D eigenvalue weighted by Crippen LogP contribution is 2.35. The maximum atomic E-state index is 4.63. The largest absolute Gasteiger partial charge is 0.323 e. The molecule has 0 unspecified atom stereocenters. The van der Waals surface area contributed by atoms with Crippen LogP contribution in [0.25, 0.3) is 21.3 Å². The normalized spacial score (nSPS) is 10.9. The summed E-state index contributed by atoms with van der Waals surface area (Å²) in [5, 5.41) is 4.20. The summed E-state index contributed by atoms with van der Waals surface area (Å²) in [6.45, 7) is 3.83. The van der Waals surface area contributed by atoms with Crippen molar-refractivity contribution in [2.75, 3.05) is 5.32 Å². The Kier molecular flexibility index (Phi) is 3.58. The zero-order valence-corrected chi connectivity index (χ0v) is 13.9. The first kappa shape index (κ1) is 14.6. The van der Waals surface area contributed by atoms with Crippen LogP contribution in [0.5, 0.6) is 0 Å². The van der Waals surface area contributed by atoms with Crippen LogP contribution in [-0.4, -0.2) is 29.9 Å². The van der Waals surface area contributed by atoms with Gasteiger partial charge in [-0.05, 0) is 19.9 Å². The van der Waals surface area contributed by atoms with Gasteiger partial charge >= 0.3 is 0 Å². The zero-order valence-electron chi connectivity index (χ0n) is 13.1. The van der Waals surface area contributed by atoms with E-state index >= 15 is 0 Å². The quantitative estimate of drug-likeness (QED) is 0.614. The Morgan fingerprint density at radius 1 is 1.00 bits per heavy atom. The molecule has 1 N–H and O–H groups in total. The highest BCUT2D eigenvalue weighted by molar-refractivity contribution is 7.19. The molecule has 4 aromatic heterocycles. The van der Waals surface area contributed by atoms with Gasteiger partial charge in [-0.2, -0.15) is 0 Å². The van der Waals surface area contributed by atoms with E-state index in [1.54, 1.807) is 36.0 Å². The number of hydrogen-bond acceptors (Lipinski definition) is 8. The molecule has 0 radical (unpaired) electrons. The van der Waals surface area contributed by atoms with Crippen molar-refractivity contribution in [3.8, 4) is 11.1 Å². The van der Waals surface area contributed by atoms with Crippen LogP contribution < -0.4 is 5.32 Å². The number of anilines is 2. The Morgan fingerprint density at radius 3 is 2.62 bits per heavy atom. The topological polar surface area (TPSA) is 89.4 Å². The number of hydrogen-bond donors (Lipinski definition) is 1. The zero-order chi connectivity index (χ0) is 16.5. The van der Waals surface area contributed by atoms with Gasteiger partial charge in [-0.1, -0.05) is 0 Å². The minimum absolute atomic E-state index is 0.674. The average molecular weight is 335 g/mol. The minimum Gasteiger partial charge on any atom is -0.323 e. The minimum atomic E-state index is 0.674. The second-order valence-corrected chi connectivity index (χ2v) is 6.38. The lowest BCUT2D eigenvalue weighted by atomic mass is 10.1. The van der Waals surface area contributed by atoms with Gasteiger partial charge in [0.2, 0.25) is 0 Å². The number of pyridine rings is 1. The Bertz CT molecular complexity index is 1010. The van der Waals surface area contributed by atoms with E-state index in [1.165, 1.54) is 6.33 Å². The van der Waals surface area contributed by atoms with E-state index < -0.39 is 0 Å². The van der Waals surface area contributed by atoms with Crippen molar-refractivity contribution in [3.05, 3.63) is 48.0 Å². The predicted molar refractivity (Wildman–Crippen MR) is 93.2 cm³/mol. The number of nitrogens with zero attached hydrogens (tertiary/aromatic N) is 6. The molecule has 4 heterocycles. The van der Waals surface area contributed by atoms with E-state index in [-0.39, 0.29) is 0 Å². The first-order chi connectivity index (χ1) is 11.7. The molecule has 0 atom stereocenters. The van der Waals surface area contributed by atoms with Gasteiger partial charge in [0, 0.05) is 35.9 Å². The second-order valence-electron chi connectivity index (χ2n) is 5.17. The van der Waals surface area contributed by atoms with Crippen LogP contribution in [0.2, 0.25) is 0 Å². The average Bonchev–Trinajstić information content (AvgIpc) is 2.98. The molecule has 0 aliphatic rings. The smallest absolute Gasteiger partial charge is 0.159 e. The van der Waals surface area contributed by atoms with Gasteiger partial charge in [0.05, 0.1) is 9.71 Å². The Labute approximate surface area is 141 Å². The van der Waals surface area contributed by atoms with Gasteiger partial charge in [0.25, 0.3) is 0 Å². The van der Waals surface area contributed by atoms with E-state index in [9.17, 15) is 0 Å². The maximum Gasteiger partial charge on any atom is 0.159 e. The summed E-state index contributed by atoms with van der Waals surface area (Å²) in [5.74, 6) is 2.06.